The van der Waals surface area contributed by atoms with Crippen LogP contribution in [0.25, 0.3) is 0 Å². The van der Waals surface area contributed by atoms with Crippen LogP contribution in [0.2, 0.25) is 0 Å². The Balaban J connectivity index is 0.00000196. The molecule has 0 aliphatic heterocycles. The second-order valence-corrected chi connectivity index (χ2v) is 8.43. The molecule has 3 saturated carbocycles. The minimum atomic E-state index is 0. The largest absolute Gasteiger partial charge is 0.353 e. The molecular weight excluding hydrogens is 352 g/mol. The number of rotatable bonds is 3. The summed E-state index contributed by atoms with van der Waals surface area (Å²) in [5.74, 6) is 3.36. The molecule has 0 spiro atoms. The van der Waals surface area contributed by atoms with Crippen LogP contribution < -0.4 is 11.1 Å². The predicted octanol–water partition coefficient (Wildman–Crippen LogP) is 3.10. The van der Waals surface area contributed by atoms with E-state index in [9.17, 15) is 4.79 Å². The zero-order chi connectivity index (χ0) is 17.4. The summed E-state index contributed by atoms with van der Waals surface area (Å²) in [6, 6.07) is 0.620. The Bertz CT molecular complexity index is 600. The number of carbonyl (C=O) groups is 1. The molecule has 1 aromatic heterocycles. The van der Waals surface area contributed by atoms with E-state index in [-0.39, 0.29) is 24.2 Å². The first-order chi connectivity index (χ1) is 12.1. The monoisotopic (exact) mass is 382 g/mol. The highest BCUT2D eigenvalue weighted by Crippen LogP contribution is 2.42. The number of aryl methyl sites for hydroxylation is 1. The molecule has 2 bridgehead atoms. The summed E-state index contributed by atoms with van der Waals surface area (Å²) < 4.78 is 5.31. The number of hydrogen-bond acceptors (Lipinski definition) is 5. The molecule has 0 radical (unpaired) electrons. The maximum atomic E-state index is 12.8. The van der Waals surface area contributed by atoms with E-state index in [4.69, 9.17) is 10.3 Å². The Kier molecular flexibility index (Phi) is 6.23. The van der Waals surface area contributed by atoms with E-state index in [1.165, 1.54) is 19.3 Å². The normalized spacial score (nSPS) is 36.8. The molecule has 7 heteroatoms. The van der Waals surface area contributed by atoms with Crippen LogP contribution in [0.1, 0.15) is 75.4 Å². The molecule has 0 aromatic carbocycles. The SMILES string of the molecule is Cc1noc(C2CCC(NC(=O)C3CC4CCCC(C3)C4N)CC2)n1.Cl. The van der Waals surface area contributed by atoms with Gasteiger partial charge in [0.15, 0.2) is 5.82 Å². The molecule has 26 heavy (non-hydrogen) atoms. The van der Waals surface area contributed by atoms with Crippen LogP contribution >= 0.6 is 12.4 Å². The standard InChI is InChI=1S/C19H30N4O2.ClH/c1-11-21-19(25-23-11)12-5-7-16(8-6-12)22-18(24)15-9-13-3-2-4-14(10-15)17(13)20;/h12-17H,2-10,20H2,1H3,(H,22,24);1H. The van der Waals surface area contributed by atoms with Gasteiger partial charge < -0.3 is 15.6 Å². The lowest BCUT2D eigenvalue weighted by molar-refractivity contribution is -0.128. The summed E-state index contributed by atoms with van der Waals surface area (Å²) in [6.45, 7) is 1.85. The van der Waals surface area contributed by atoms with E-state index in [1.807, 2.05) is 6.92 Å². The maximum absolute atomic E-state index is 12.8. The average Bonchev–Trinajstić information content (AvgIpc) is 3.01. The highest BCUT2D eigenvalue weighted by molar-refractivity contribution is 5.85. The fourth-order valence-corrected chi connectivity index (χ4v) is 5.29. The van der Waals surface area contributed by atoms with Crippen molar-refractivity contribution in [1.29, 1.82) is 0 Å². The first-order valence-electron chi connectivity index (χ1n) is 9.96. The van der Waals surface area contributed by atoms with Crippen LogP contribution in [0.5, 0.6) is 0 Å². The van der Waals surface area contributed by atoms with Gasteiger partial charge in [0, 0.05) is 23.9 Å². The van der Waals surface area contributed by atoms with Crippen molar-refractivity contribution in [2.24, 2.45) is 23.5 Å². The quantitative estimate of drug-likeness (QED) is 0.837. The van der Waals surface area contributed by atoms with Crippen molar-refractivity contribution in [2.75, 3.05) is 0 Å². The molecule has 1 amide bonds. The minimum absolute atomic E-state index is 0. The molecular formula is C19H31ClN4O2. The zero-order valence-electron chi connectivity index (χ0n) is 15.5. The topological polar surface area (TPSA) is 94.0 Å². The lowest BCUT2D eigenvalue weighted by atomic mass is 9.65. The van der Waals surface area contributed by atoms with E-state index in [0.717, 1.165) is 44.4 Å². The Labute approximate surface area is 161 Å². The fraction of sp³-hybridized carbons (Fsp3) is 0.842. The van der Waals surface area contributed by atoms with E-state index < -0.39 is 0 Å². The van der Waals surface area contributed by atoms with Gasteiger partial charge in [0.05, 0.1) is 0 Å². The van der Waals surface area contributed by atoms with Gasteiger partial charge >= 0.3 is 0 Å². The van der Waals surface area contributed by atoms with Crippen molar-refractivity contribution in [3.8, 4) is 0 Å². The third-order valence-electron chi connectivity index (χ3n) is 6.75. The van der Waals surface area contributed by atoms with E-state index >= 15 is 0 Å². The fourth-order valence-electron chi connectivity index (χ4n) is 5.29. The summed E-state index contributed by atoms with van der Waals surface area (Å²) in [4.78, 5) is 17.1. The molecule has 3 aliphatic rings. The van der Waals surface area contributed by atoms with Crippen LogP contribution in [-0.2, 0) is 4.79 Å². The van der Waals surface area contributed by atoms with Crippen LogP contribution in [0.15, 0.2) is 4.52 Å². The maximum Gasteiger partial charge on any atom is 0.229 e. The van der Waals surface area contributed by atoms with Gasteiger partial charge in [-0.05, 0) is 70.1 Å². The van der Waals surface area contributed by atoms with Crippen molar-refractivity contribution in [1.82, 2.24) is 15.5 Å². The highest BCUT2D eigenvalue weighted by Gasteiger charge is 2.41. The number of fused-ring (bicyclic) bond motifs is 2. The number of carbonyl (C=O) groups excluding carboxylic acids is 1. The van der Waals surface area contributed by atoms with Gasteiger partial charge in [-0.3, -0.25) is 4.79 Å². The number of aromatic nitrogens is 2. The lowest BCUT2D eigenvalue weighted by Crippen LogP contribution is -2.50. The van der Waals surface area contributed by atoms with Gasteiger partial charge in [-0.1, -0.05) is 11.6 Å². The Morgan fingerprint density at radius 2 is 1.77 bits per heavy atom. The van der Waals surface area contributed by atoms with Gasteiger partial charge in [-0.15, -0.1) is 12.4 Å². The summed E-state index contributed by atoms with van der Waals surface area (Å²) in [6.07, 6.45) is 9.68. The Hall–Kier alpha value is -1.14. The molecule has 6 nitrogen and oxygen atoms in total. The second kappa shape index (κ2) is 8.26. The molecule has 2 unspecified atom stereocenters. The Morgan fingerprint density at radius 3 is 2.35 bits per heavy atom. The number of halogens is 1. The minimum Gasteiger partial charge on any atom is -0.353 e. The predicted molar refractivity (Wildman–Crippen MR) is 101 cm³/mol. The molecule has 146 valence electrons. The van der Waals surface area contributed by atoms with Crippen molar-refractivity contribution in [3.63, 3.8) is 0 Å². The van der Waals surface area contributed by atoms with Crippen molar-refractivity contribution in [2.45, 2.75) is 82.7 Å². The number of nitrogens with zero attached hydrogens (tertiary/aromatic N) is 2. The van der Waals surface area contributed by atoms with E-state index in [0.29, 0.717) is 35.7 Å². The van der Waals surface area contributed by atoms with Gasteiger partial charge in [0.2, 0.25) is 11.8 Å². The average molecular weight is 383 g/mol. The van der Waals surface area contributed by atoms with Crippen LogP contribution in [0.4, 0.5) is 0 Å². The summed E-state index contributed by atoms with van der Waals surface area (Å²) in [7, 11) is 0. The highest BCUT2D eigenvalue weighted by atomic mass is 35.5. The van der Waals surface area contributed by atoms with Crippen LogP contribution in [-0.4, -0.2) is 28.1 Å². The summed E-state index contributed by atoms with van der Waals surface area (Å²) in [5.41, 5.74) is 6.35. The van der Waals surface area contributed by atoms with Gasteiger partial charge in [-0.2, -0.15) is 4.98 Å². The first kappa shape index (κ1) is 19.6. The second-order valence-electron chi connectivity index (χ2n) is 8.43. The molecule has 1 aromatic rings. The lowest BCUT2D eigenvalue weighted by Gasteiger charge is -2.44. The first-order valence-corrected chi connectivity index (χ1v) is 9.96. The Morgan fingerprint density at radius 1 is 1.12 bits per heavy atom. The molecule has 3 N–H and O–H groups in total. The van der Waals surface area contributed by atoms with Crippen molar-refractivity contribution < 1.29 is 9.32 Å². The molecule has 3 fully saturated rings. The van der Waals surface area contributed by atoms with Crippen LogP contribution in [0, 0.1) is 24.7 Å². The zero-order valence-corrected chi connectivity index (χ0v) is 16.3. The van der Waals surface area contributed by atoms with Crippen molar-refractivity contribution >= 4 is 18.3 Å². The molecule has 3 aliphatic carbocycles. The number of hydrogen-bond donors (Lipinski definition) is 2. The van der Waals surface area contributed by atoms with E-state index in [1.54, 1.807) is 0 Å². The van der Waals surface area contributed by atoms with Crippen LogP contribution in [0.3, 0.4) is 0 Å². The number of amides is 1. The smallest absolute Gasteiger partial charge is 0.229 e. The van der Waals surface area contributed by atoms with Gasteiger partial charge in [-0.25, -0.2) is 0 Å². The molecule has 0 saturated heterocycles. The molecule has 4 rings (SSSR count). The summed E-state index contributed by atoms with van der Waals surface area (Å²) >= 11 is 0. The van der Waals surface area contributed by atoms with Gasteiger partial charge in [0.1, 0.15) is 0 Å². The molecule has 2 atom stereocenters. The third-order valence-corrected chi connectivity index (χ3v) is 6.75. The van der Waals surface area contributed by atoms with Gasteiger partial charge in [0.25, 0.3) is 0 Å². The third kappa shape index (κ3) is 4.06. The number of nitrogens with one attached hydrogen (secondary N) is 1. The summed E-state index contributed by atoms with van der Waals surface area (Å²) in [5, 5.41) is 7.21. The van der Waals surface area contributed by atoms with Crippen molar-refractivity contribution in [3.05, 3.63) is 11.7 Å². The van der Waals surface area contributed by atoms with E-state index in [2.05, 4.69) is 15.5 Å². The number of nitrogens with two attached hydrogens (primary N) is 1. The molecule has 1 heterocycles.